The summed E-state index contributed by atoms with van der Waals surface area (Å²) in [6, 6.07) is 14.5. The highest BCUT2D eigenvalue weighted by Crippen LogP contribution is 2.15. The smallest absolute Gasteiger partial charge is 0.329 e. The van der Waals surface area contributed by atoms with Crippen LogP contribution in [0.4, 0.5) is 0 Å². The summed E-state index contributed by atoms with van der Waals surface area (Å²) in [6.45, 7) is 4.82. The Morgan fingerprint density at radius 1 is 0.900 bits per heavy atom. The maximum Gasteiger partial charge on any atom is 0.329 e. The lowest BCUT2D eigenvalue weighted by atomic mass is 10.0. The van der Waals surface area contributed by atoms with Crippen LogP contribution < -0.4 is 14.8 Å². The Balaban J connectivity index is 1.93. The summed E-state index contributed by atoms with van der Waals surface area (Å²) < 4.78 is 15.8. The number of ether oxygens (including phenoxy) is 3. The van der Waals surface area contributed by atoms with Gasteiger partial charge in [-0.2, -0.15) is 0 Å². The minimum atomic E-state index is -0.996. The molecule has 2 aromatic carbocycles. The van der Waals surface area contributed by atoms with Gasteiger partial charge in [0, 0.05) is 5.56 Å². The lowest BCUT2D eigenvalue weighted by Gasteiger charge is -2.23. The molecule has 0 aliphatic heterocycles. The number of amides is 1. The highest BCUT2D eigenvalue weighted by Gasteiger charge is 2.29. The summed E-state index contributed by atoms with van der Waals surface area (Å²) in [4.78, 5) is 37.3. The first-order valence-electron chi connectivity index (χ1n) is 9.67. The fraction of sp³-hybridized carbons (Fsp3) is 0.348. The first-order chi connectivity index (χ1) is 14.3. The average Bonchev–Trinajstić information content (AvgIpc) is 2.75. The van der Waals surface area contributed by atoms with Gasteiger partial charge in [0.1, 0.15) is 17.5 Å². The fourth-order valence-corrected chi connectivity index (χ4v) is 2.67. The first-order valence-corrected chi connectivity index (χ1v) is 9.67. The molecule has 0 bridgehead atoms. The molecular weight excluding hydrogens is 386 g/mol. The van der Waals surface area contributed by atoms with E-state index in [-0.39, 0.29) is 18.3 Å². The van der Waals surface area contributed by atoms with Crippen molar-refractivity contribution in [2.24, 2.45) is 5.92 Å². The van der Waals surface area contributed by atoms with Gasteiger partial charge in [-0.05, 0) is 49.2 Å². The summed E-state index contributed by atoms with van der Waals surface area (Å²) in [5, 5.41) is 2.62. The Kier molecular flexibility index (Phi) is 8.41. The van der Waals surface area contributed by atoms with Crippen LogP contribution in [-0.2, 0) is 14.3 Å². The van der Waals surface area contributed by atoms with E-state index >= 15 is 0 Å². The molecule has 1 amide bonds. The second-order valence-electron chi connectivity index (χ2n) is 7.06. The predicted molar refractivity (Wildman–Crippen MR) is 112 cm³/mol. The third-order valence-electron chi connectivity index (χ3n) is 4.39. The Hall–Kier alpha value is -3.35. The van der Waals surface area contributed by atoms with Crippen LogP contribution in [-0.4, -0.2) is 43.5 Å². The second kappa shape index (κ2) is 11.0. The largest absolute Gasteiger partial charge is 0.497 e. The number of hydrogen-bond donors (Lipinski definition) is 1. The number of Topliss-reactive ketones (excluding diaryl/α,β-unsaturated/α-hetero) is 1. The monoisotopic (exact) mass is 413 g/mol. The molecule has 0 saturated heterocycles. The van der Waals surface area contributed by atoms with Crippen LogP contribution >= 0.6 is 0 Å². The van der Waals surface area contributed by atoms with Crippen LogP contribution in [0.3, 0.4) is 0 Å². The van der Waals surface area contributed by atoms with Crippen LogP contribution in [0.5, 0.6) is 11.5 Å². The highest BCUT2D eigenvalue weighted by molar-refractivity contribution is 6.00. The molecule has 30 heavy (non-hydrogen) atoms. The number of carbonyl (C=O) groups is 3. The minimum absolute atomic E-state index is 0.235. The first kappa shape index (κ1) is 22.9. The molecule has 0 aliphatic rings. The van der Waals surface area contributed by atoms with Crippen molar-refractivity contribution < 1.29 is 28.6 Å². The van der Waals surface area contributed by atoms with Crippen molar-refractivity contribution in [1.29, 1.82) is 0 Å². The molecule has 0 aliphatic carbocycles. The van der Waals surface area contributed by atoms with E-state index in [1.807, 2.05) is 6.07 Å². The average molecular weight is 413 g/mol. The molecule has 7 nitrogen and oxygen atoms in total. The molecule has 1 N–H and O–H groups in total. The maximum absolute atomic E-state index is 12.6. The molecule has 0 saturated carbocycles. The number of benzene rings is 2. The Morgan fingerprint density at radius 2 is 1.53 bits per heavy atom. The van der Waals surface area contributed by atoms with Gasteiger partial charge >= 0.3 is 5.97 Å². The van der Waals surface area contributed by atoms with Crippen LogP contribution in [0, 0.1) is 5.92 Å². The quantitative estimate of drug-likeness (QED) is 0.476. The van der Waals surface area contributed by atoms with Crippen LogP contribution in [0.1, 0.15) is 31.1 Å². The predicted octanol–water partition coefficient (Wildman–Crippen LogP) is 3.03. The molecule has 2 rings (SSSR count). The van der Waals surface area contributed by atoms with Crippen molar-refractivity contribution in [2.45, 2.75) is 32.9 Å². The van der Waals surface area contributed by atoms with Gasteiger partial charge < -0.3 is 19.5 Å². The van der Waals surface area contributed by atoms with Gasteiger partial charge in [0.25, 0.3) is 5.91 Å². The molecule has 0 aromatic heterocycles. The van der Waals surface area contributed by atoms with E-state index in [1.165, 1.54) is 14.0 Å². The molecule has 0 heterocycles. The third kappa shape index (κ3) is 6.62. The van der Waals surface area contributed by atoms with Crippen molar-refractivity contribution in [3.63, 3.8) is 0 Å². The van der Waals surface area contributed by atoms with E-state index in [1.54, 1.807) is 62.4 Å². The summed E-state index contributed by atoms with van der Waals surface area (Å²) in [5.41, 5.74) is 0.400. The van der Waals surface area contributed by atoms with Gasteiger partial charge in [-0.3, -0.25) is 9.59 Å². The Labute approximate surface area is 176 Å². The van der Waals surface area contributed by atoms with E-state index in [0.717, 1.165) is 0 Å². The number of para-hydroxylation sites is 1. The Morgan fingerprint density at radius 3 is 2.10 bits per heavy atom. The minimum Gasteiger partial charge on any atom is -0.497 e. The van der Waals surface area contributed by atoms with Crippen molar-refractivity contribution in [3.8, 4) is 11.5 Å². The summed E-state index contributed by atoms with van der Waals surface area (Å²) in [7, 11) is 1.53. The van der Waals surface area contributed by atoms with Crippen molar-refractivity contribution in [3.05, 3.63) is 60.2 Å². The van der Waals surface area contributed by atoms with Crippen molar-refractivity contribution in [2.75, 3.05) is 13.7 Å². The zero-order valence-corrected chi connectivity index (χ0v) is 17.6. The standard InChI is InChI=1S/C23H27NO6/c1-15(2)21(24-20(25)14-29-19-8-6-5-7-9-19)23(27)30-16(3)22(26)17-10-12-18(28-4)13-11-17/h5-13,15-16,21H,14H2,1-4H3,(H,24,25)/t16-,21-/m0/s1. The number of ketones is 1. The van der Waals surface area contributed by atoms with Crippen LogP contribution in [0.2, 0.25) is 0 Å². The van der Waals surface area contributed by atoms with Crippen LogP contribution in [0.25, 0.3) is 0 Å². The highest BCUT2D eigenvalue weighted by atomic mass is 16.5. The van der Waals surface area contributed by atoms with E-state index in [0.29, 0.717) is 17.1 Å². The van der Waals surface area contributed by atoms with E-state index in [2.05, 4.69) is 5.32 Å². The zero-order chi connectivity index (χ0) is 22.1. The molecular formula is C23H27NO6. The molecule has 0 unspecified atom stereocenters. The van der Waals surface area contributed by atoms with Crippen LogP contribution in [0.15, 0.2) is 54.6 Å². The van der Waals surface area contributed by atoms with E-state index < -0.39 is 24.0 Å². The number of nitrogens with one attached hydrogen (secondary N) is 1. The fourth-order valence-electron chi connectivity index (χ4n) is 2.67. The van der Waals surface area contributed by atoms with Gasteiger partial charge in [0.15, 0.2) is 12.7 Å². The lowest BCUT2D eigenvalue weighted by Crippen LogP contribution is -2.48. The van der Waals surface area contributed by atoms with Crippen molar-refractivity contribution in [1.82, 2.24) is 5.32 Å². The molecule has 160 valence electrons. The Bertz CT molecular complexity index is 848. The second-order valence-corrected chi connectivity index (χ2v) is 7.06. The topological polar surface area (TPSA) is 90.9 Å². The maximum atomic E-state index is 12.6. The van der Waals surface area contributed by atoms with Gasteiger partial charge in [0.05, 0.1) is 7.11 Å². The normalized spacial score (nSPS) is 12.6. The number of rotatable bonds is 10. The molecule has 0 spiro atoms. The van der Waals surface area contributed by atoms with E-state index in [4.69, 9.17) is 14.2 Å². The van der Waals surface area contributed by atoms with E-state index in [9.17, 15) is 14.4 Å². The number of methoxy groups -OCH3 is 1. The third-order valence-corrected chi connectivity index (χ3v) is 4.39. The summed E-state index contributed by atoms with van der Waals surface area (Å²) in [6.07, 6.45) is -0.996. The van der Waals surface area contributed by atoms with Crippen molar-refractivity contribution >= 4 is 17.7 Å². The summed E-state index contributed by atoms with van der Waals surface area (Å²) in [5.74, 6) is -0.531. The zero-order valence-electron chi connectivity index (χ0n) is 17.6. The van der Waals surface area contributed by atoms with Gasteiger partial charge in [-0.15, -0.1) is 0 Å². The number of hydrogen-bond acceptors (Lipinski definition) is 6. The van der Waals surface area contributed by atoms with Gasteiger partial charge in [0.2, 0.25) is 5.78 Å². The lowest BCUT2D eigenvalue weighted by molar-refractivity contribution is -0.151. The molecule has 7 heteroatoms. The van der Waals surface area contributed by atoms with Gasteiger partial charge in [-0.1, -0.05) is 32.0 Å². The summed E-state index contributed by atoms with van der Waals surface area (Å²) >= 11 is 0. The number of esters is 1. The SMILES string of the molecule is COc1ccc(C(=O)[C@H](C)OC(=O)[C@@H](NC(=O)COc2ccccc2)C(C)C)cc1. The molecule has 0 fully saturated rings. The number of carbonyl (C=O) groups excluding carboxylic acids is 3. The molecule has 0 radical (unpaired) electrons. The molecule has 2 aromatic rings. The molecule has 2 atom stereocenters. The van der Waals surface area contributed by atoms with Gasteiger partial charge in [-0.25, -0.2) is 4.79 Å².